The van der Waals surface area contributed by atoms with Gasteiger partial charge in [0.25, 0.3) is 10.0 Å². The minimum Gasteiger partial charge on any atom is -0.355 e. The van der Waals surface area contributed by atoms with Gasteiger partial charge in [-0.2, -0.15) is 0 Å². The van der Waals surface area contributed by atoms with E-state index >= 15 is 0 Å². The first-order valence-corrected chi connectivity index (χ1v) is 12.6. The van der Waals surface area contributed by atoms with E-state index in [0.717, 1.165) is 15.9 Å². The molecule has 0 aliphatic heterocycles. The second-order valence-electron chi connectivity index (χ2n) is 7.85. The Morgan fingerprint density at radius 3 is 2.09 bits per heavy atom. The maximum atomic E-state index is 14.8. The molecule has 0 unspecified atom stereocenters. The lowest BCUT2D eigenvalue weighted by Crippen LogP contribution is -2.51. The molecule has 1 atom stereocenters. The summed E-state index contributed by atoms with van der Waals surface area (Å²) in [5.41, 5.74) is 0.510. The Bertz CT molecular complexity index is 1250. The summed E-state index contributed by atoms with van der Waals surface area (Å²) in [6, 6.07) is 21.1. The summed E-state index contributed by atoms with van der Waals surface area (Å²) in [5, 5.41) is 2.69. The van der Waals surface area contributed by atoms with Crippen molar-refractivity contribution in [1.82, 2.24) is 10.2 Å². The fourth-order valence-corrected chi connectivity index (χ4v) is 5.01. The summed E-state index contributed by atoms with van der Waals surface area (Å²) in [6.07, 6.45) is 0. The van der Waals surface area contributed by atoms with Gasteiger partial charge in [-0.05, 0) is 43.7 Å². The van der Waals surface area contributed by atoms with Crippen LogP contribution in [0.1, 0.15) is 19.4 Å². The molecule has 35 heavy (non-hydrogen) atoms. The van der Waals surface area contributed by atoms with Crippen LogP contribution in [0.25, 0.3) is 0 Å². The third-order valence-corrected chi connectivity index (χ3v) is 7.22. The zero-order chi connectivity index (χ0) is 25.4. The molecule has 9 heteroatoms. The van der Waals surface area contributed by atoms with Crippen LogP contribution in [0.2, 0.25) is 0 Å². The van der Waals surface area contributed by atoms with Gasteiger partial charge in [0.2, 0.25) is 11.8 Å². The molecule has 0 saturated carbocycles. The largest absolute Gasteiger partial charge is 0.355 e. The number of anilines is 1. The molecule has 0 saturated heterocycles. The Kier molecular flexibility index (Phi) is 8.59. The maximum Gasteiger partial charge on any atom is 0.264 e. The predicted octanol–water partition coefficient (Wildman–Crippen LogP) is 3.57. The third kappa shape index (κ3) is 6.24. The predicted molar refractivity (Wildman–Crippen MR) is 133 cm³/mol. The Labute approximate surface area is 205 Å². The molecular formula is C26H28FN3O4S. The fraction of sp³-hybridized carbons (Fsp3) is 0.231. The van der Waals surface area contributed by atoms with Crippen LogP contribution < -0.4 is 9.62 Å². The van der Waals surface area contributed by atoms with E-state index < -0.39 is 34.3 Å². The minimum absolute atomic E-state index is 0.0778. The molecule has 3 aromatic carbocycles. The van der Waals surface area contributed by atoms with Crippen molar-refractivity contribution in [3.05, 3.63) is 96.3 Å². The van der Waals surface area contributed by atoms with Crippen LogP contribution in [0.5, 0.6) is 0 Å². The van der Waals surface area contributed by atoms with Crippen molar-refractivity contribution in [1.29, 1.82) is 0 Å². The van der Waals surface area contributed by atoms with Crippen molar-refractivity contribution in [3.8, 4) is 0 Å². The SMILES string of the molecule is CCNC(=O)[C@H](C)N(Cc1ccccc1)C(=O)CN(c1ccccc1F)S(=O)(=O)c1ccccc1. The first-order chi connectivity index (χ1) is 16.8. The Hall–Kier alpha value is -3.72. The Balaban J connectivity index is 2.02. The first kappa shape index (κ1) is 25.9. The molecule has 0 aromatic heterocycles. The van der Waals surface area contributed by atoms with Gasteiger partial charge in [0.1, 0.15) is 18.4 Å². The lowest BCUT2D eigenvalue weighted by molar-refractivity contribution is -0.139. The van der Waals surface area contributed by atoms with Gasteiger partial charge < -0.3 is 10.2 Å². The zero-order valence-electron chi connectivity index (χ0n) is 19.6. The van der Waals surface area contributed by atoms with Gasteiger partial charge in [-0.3, -0.25) is 13.9 Å². The second-order valence-corrected chi connectivity index (χ2v) is 9.72. The molecule has 0 aliphatic carbocycles. The minimum atomic E-state index is -4.29. The molecule has 0 spiro atoms. The molecule has 0 bridgehead atoms. The van der Waals surface area contributed by atoms with E-state index in [2.05, 4.69) is 5.32 Å². The van der Waals surface area contributed by atoms with Gasteiger partial charge in [0.15, 0.2) is 0 Å². The number of amides is 2. The van der Waals surface area contributed by atoms with Crippen LogP contribution in [0.4, 0.5) is 10.1 Å². The second kappa shape index (κ2) is 11.6. The van der Waals surface area contributed by atoms with E-state index in [-0.39, 0.29) is 23.0 Å². The normalized spacial score (nSPS) is 12.0. The first-order valence-electron chi connectivity index (χ1n) is 11.2. The summed E-state index contributed by atoms with van der Waals surface area (Å²) in [4.78, 5) is 27.4. The highest BCUT2D eigenvalue weighted by Crippen LogP contribution is 2.26. The number of halogens is 1. The molecule has 0 aliphatic rings. The number of hydrogen-bond acceptors (Lipinski definition) is 4. The lowest BCUT2D eigenvalue weighted by atomic mass is 10.1. The molecule has 1 N–H and O–H groups in total. The van der Waals surface area contributed by atoms with Gasteiger partial charge in [-0.25, -0.2) is 12.8 Å². The number of likely N-dealkylation sites (N-methyl/N-ethyl adjacent to an activating group) is 1. The lowest BCUT2D eigenvalue weighted by Gasteiger charge is -2.32. The molecule has 184 valence electrons. The van der Waals surface area contributed by atoms with E-state index in [9.17, 15) is 22.4 Å². The number of nitrogens with zero attached hydrogens (tertiary/aromatic N) is 2. The number of benzene rings is 3. The highest BCUT2D eigenvalue weighted by Gasteiger charge is 2.33. The highest BCUT2D eigenvalue weighted by molar-refractivity contribution is 7.92. The quantitative estimate of drug-likeness (QED) is 0.464. The monoisotopic (exact) mass is 497 g/mol. The van der Waals surface area contributed by atoms with Crippen LogP contribution in [0, 0.1) is 5.82 Å². The Morgan fingerprint density at radius 2 is 1.49 bits per heavy atom. The highest BCUT2D eigenvalue weighted by atomic mass is 32.2. The summed E-state index contributed by atoms with van der Waals surface area (Å²) in [5.74, 6) is -1.80. The summed E-state index contributed by atoms with van der Waals surface area (Å²) < 4.78 is 42.6. The van der Waals surface area contributed by atoms with Crippen molar-refractivity contribution >= 4 is 27.5 Å². The van der Waals surface area contributed by atoms with Crippen LogP contribution in [0.3, 0.4) is 0 Å². The van der Waals surface area contributed by atoms with Crippen LogP contribution >= 0.6 is 0 Å². The molecule has 3 aromatic rings. The van der Waals surface area contributed by atoms with Crippen molar-refractivity contribution in [3.63, 3.8) is 0 Å². The molecule has 0 fully saturated rings. The van der Waals surface area contributed by atoms with E-state index in [1.807, 2.05) is 6.07 Å². The standard InChI is InChI=1S/C26H28FN3O4S/c1-3-28-26(32)20(2)29(18-21-12-6-4-7-13-21)25(31)19-30(24-17-11-10-16-23(24)27)35(33,34)22-14-8-5-9-15-22/h4-17,20H,3,18-19H2,1-2H3,(H,28,32)/t20-/m0/s1. The molecule has 0 radical (unpaired) electrons. The van der Waals surface area contributed by atoms with E-state index in [0.29, 0.717) is 6.54 Å². The van der Waals surface area contributed by atoms with Crippen LogP contribution in [0.15, 0.2) is 89.8 Å². The summed E-state index contributed by atoms with van der Waals surface area (Å²) >= 11 is 0. The van der Waals surface area contributed by atoms with Gasteiger partial charge >= 0.3 is 0 Å². The van der Waals surface area contributed by atoms with Crippen molar-refractivity contribution in [2.24, 2.45) is 0 Å². The van der Waals surface area contributed by atoms with E-state index in [4.69, 9.17) is 0 Å². The molecule has 3 rings (SSSR count). The number of rotatable bonds is 10. The van der Waals surface area contributed by atoms with Gasteiger partial charge in [-0.1, -0.05) is 60.7 Å². The van der Waals surface area contributed by atoms with Crippen molar-refractivity contribution < 1.29 is 22.4 Å². The fourth-order valence-electron chi connectivity index (χ4n) is 3.57. The number of carbonyl (C=O) groups excluding carboxylic acids is 2. The number of sulfonamides is 1. The number of carbonyl (C=O) groups is 2. The number of nitrogens with one attached hydrogen (secondary N) is 1. The van der Waals surface area contributed by atoms with E-state index in [1.165, 1.54) is 35.2 Å². The van der Waals surface area contributed by atoms with Crippen molar-refractivity contribution in [2.75, 3.05) is 17.4 Å². The van der Waals surface area contributed by atoms with Crippen molar-refractivity contribution in [2.45, 2.75) is 31.3 Å². The number of hydrogen-bond donors (Lipinski definition) is 1. The summed E-state index contributed by atoms with van der Waals surface area (Å²) in [6.45, 7) is 3.11. The summed E-state index contributed by atoms with van der Waals surface area (Å²) in [7, 11) is -4.29. The van der Waals surface area contributed by atoms with Gasteiger partial charge in [0, 0.05) is 13.1 Å². The van der Waals surface area contributed by atoms with E-state index in [1.54, 1.807) is 56.3 Å². The average Bonchev–Trinajstić information content (AvgIpc) is 2.87. The average molecular weight is 498 g/mol. The molecular weight excluding hydrogens is 469 g/mol. The molecule has 7 nitrogen and oxygen atoms in total. The van der Waals surface area contributed by atoms with Crippen LogP contribution in [-0.2, 0) is 26.2 Å². The van der Waals surface area contributed by atoms with Gasteiger partial charge in [0.05, 0.1) is 10.6 Å². The molecule has 0 heterocycles. The smallest absolute Gasteiger partial charge is 0.264 e. The topological polar surface area (TPSA) is 86.8 Å². The Morgan fingerprint density at radius 1 is 0.914 bits per heavy atom. The zero-order valence-corrected chi connectivity index (χ0v) is 20.4. The molecule has 2 amide bonds. The number of para-hydroxylation sites is 1. The third-order valence-electron chi connectivity index (χ3n) is 5.45. The maximum absolute atomic E-state index is 14.8. The van der Waals surface area contributed by atoms with Gasteiger partial charge in [-0.15, -0.1) is 0 Å². The van der Waals surface area contributed by atoms with Crippen LogP contribution in [-0.4, -0.2) is 44.3 Å².